The van der Waals surface area contributed by atoms with E-state index < -0.39 is 10.7 Å². The van der Waals surface area contributed by atoms with Gasteiger partial charge in [0.25, 0.3) is 5.69 Å². The first-order valence-electron chi connectivity index (χ1n) is 3.79. The minimum Gasteiger partial charge on any atom is -0.380 e. The summed E-state index contributed by atoms with van der Waals surface area (Å²) in [5.41, 5.74) is -0.160. The van der Waals surface area contributed by atoms with Gasteiger partial charge >= 0.3 is 0 Å². The van der Waals surface area contributed by atoms with Gasteiger partial charge in [0.1, 0.15) is 0 Å². The zero-order valence-electron chi connectivity index (χ0n) is 7.60. The molecule has 0 spiro atoms. The molecule has 6 heteroatoms. The summed E-state index contributed by atoms with van der Waals surface area (Å²) in [7, 11) is 1.40. The van der Waals surface area contributed by atoms with E-state index >= 15 is 0 Å². The van der Waals surface area contributed by atoms with Crippen LogP contribution in [-0.2, 0) is 0 Å². The Bertz CT molecular complexity index is 395. The number of nitrogens with one attached hydrogen (secondary N) is 1. The number of nitrogens with zero attached hydrogens (tertiary/aromatic N) is 1. The van der Waals surface area contributed by atoms with E-state index in [1.165, 1.54) is 20.0 Å². The molecule has 14 heavy (non-hydrogen) atoms. The van der Waals surface area contributed by atoms with Crippen molar-refractivity contribution in [1.29, 1.82) is 0 Å². The molecule has 0 aromatic heterocycles. The van der Waals surface area contributed by atoms with Gasteiger partial charge in [-0.15, -0.1) is 0 Å². The number of anilines is 1. The van der Waals surface area contributed by atoms with Crippen LogP contribution in [0.2, 0.25) is 5.02 Å². The second-order valence-corrected chi connectivity index (χ2v) is 3.10. The quantitative estimate of drug-likeness (QED) is 0.613. The normalized spacial score (nSPS) is 10.0. The number of nitro groups is 1. The number of hydrogen-bond donors (Lipinski definition) is 1. The maximum Gasteiger partial charge on any atom is 0.295 e. The highest BCUT2D eigenvalue weighted by atomic mass is 35.5. The van der Waals surface area contributed by atoms with Gasteiger partial charge in [-0.05, 0) is 12.5 Å². The Morgan fingerprint density at radius 2 is 2.21 bits per heavy atom. The largest absolute Gasteiger partial charge is 0.380 e. The first-order valence-corrected chi connectivity index (χ1v) is 4.17. The van der Waals surface area contributed by atoms with E-state index in [4.69, 9.17) is 11.6 Å². The van der Waals surface area contributed by atoms with Crippen LogP contribution < -0.4 is 5.32 Å². The third-order valence-corrected chi connectivity index (χ3v) is 2.28. The first-order chi connectivity index (χ1) is 6.49. The lowest BCUT2D eigenvalue weighted by molar-refractivity contribution is -0.384. The topological polar surface area (TPSA) is 55.2 Å². The lowest BCUT2D eigenvalue weighted by Gasteiger charge is -2.06. The second-order valence-electron chi connectivity index (χ2n) is 2.72. The molecule has 0 aliphatic heterocycles. The van der Waals surface area contributed by atoms with Crippen molar-refractivity contribution >= 4 is 23.0 Å². The number of benzene rings is 1. The molecule has 0 unspecified atom stereocenters. The second kappa shape index (κ2) is 3.79. The zero-order chi connectivity index (χ0) is 10.9. The van der Waals surface area contributed by atoms with Gasteiger partial charge < -0.3 is 5.32 Å². The fraction of sp³-hybridized carbons (Fsp3) is 0.250. The van der Waals surface area contributed by atoms with E-state index in [1.54, 1.807) is 0 Å². The molecular weight excluding hydrogens is 211 g/mol. The maximum atomic E-state index is 13.4. The van der Waals surface area contributed by atoms with E-state index in [1.807, 2.05) is 0 Å². The Hall–Kier alpha value is -1.36. The van der Waals surface area contributed by atoms with Crippen molar-refractivity contribution in [3.63, 3.8) is 0 Å². The van der Waals surface area contributed by atoms with Crippen LogP contribution in [-0.4, -0.2) is 12.0 Å². The lowest BCUT2D eigenvalue weighted by Crippen LogP contribution is -2.01. The molecule has 0 aliphatic carbocycles. The summed E-state index contributed by atoms with van der Waals surface area (Å²) in [5.74, 6) is -0.791. The van der Waals surface area contributed by atoms with Crippen molar-refractivity contribution in [2.75, 3.05) is 12.4 Å². The minimum atomic E-state index is -0.791. The molecule has 0 aliphatic rings. The summed E-state index contributed by atoms with van der Waals surface area (Å²) in [4.78, 5) is 9.90. The monoisotopic (exact) mass is 218 g/mol. The van der Waals surface area contributed by atoms with Gasteiger partial charge in [0.2, 0.25) is 0 Å². The number of hydrogen-bond acceptors (Lipinski definition) is 3. The van der Waals surface area contributed by atoms with E-state index in [2.05, 4.69) is 5.32 Å². The van der Waals surface area contributed by atoms with Crippen LogP contribution in [0.15, 0.2) is 6.07 Å². The van der Waals surface area contributed by atoms with Crippen LogP contribution in [0.25, 0.3) is 0 Å². The summed E-state index contributed by atoms with van der Waals surface area (Å²) in [5, 5.41) is 12.9. The first kappa shape index (κ1) is 10.7. The average Bonchev–Trinajstić information content (AvgIpc) is 2.13. The molecule has 1 aromatic carbocycles. The van der Waals surface area contributed by atoms with Crippen LogP contribution in [0.3, 0.4) is 0 Å². The van der Waals surface area contributed by atoms with Crippen molar-refractivity contribution in [2.45, 2.75) is 6.92 Å². The van der Waals surface area contributed by atoms with Crippen molar-refractivity contribution in [3.8, 4) is 0 Å². The molecule has 1 rings (SSSR count). The SMILES string of the molecule is CNc1c([N+](=O)[O-])cc(C)c(Cl)c1F. The summed E-state index contributed by atoms with van der Waals surface area (Å²) < 4.78 is 13.4. The molecule has 0 radical (unpaired) electrons. The third-order valence-electron chi connectivity index (χ3n) is 1.81. The van der Waals surface area contributed by atoms with Gasteiger partial charge in [-0.3, -0.25) is 10.1 Å². The Morgan fingerprint density at radius 1 is 1.64 bits per heavy atom. The van der Waals surface area contributed by atoms with Crippen LogP contribution in [0, 0.1) is 22.9 Å². The number of nitro benzene ring substituents is 1. The van der Waals surface area contributed by atoms with Crippen LogP contribution >= 0.6 is 11.6 Å². The lowest BCUT2D eigenvalue weighted by atomic mass is 10.2. The highest BCUT2D eigenvalue weighted by molar-refractivity contribution is 6.32. The predicted molar refractivity (Wildman–Crippen MR) is 52.3 cm³/mol. The molecule has 1 aromatic rings. The average molecular weight is 219 g/mol. The van der Waals surface area contributed by atoms with Crippen molar-refractivity contribution in [3.05, 3.63) is 32.6 Å². The van der Waals surface area contributed by atoms with Crippen molar-refractivity contribution in [1.82, 2.24) is 0 Å². The summed E-state index contributed by atoms with van der Waals surface area (Å²) >= 11 is 5.60. The van der Waals surface area contributed by atoms with Crippen LogP contribution in [0.5, 0.6) is 0 Å². The van der Waals surface area contributed by atoms with Crippen molar-refractivity contribution < 1.29 is 9.31 Å². The molecule has 0 heterocycles. The molecule has 0 saturated carbocycles. The van der Waals surface area contributed by atoms with Gasteiger partial charge in [-0.2, -0.15) is 0 Å². The molecule has 76 valence electrons. The van der Waals surface area contributed by atoms with E-state index in [-0.39, 0.29) is 16.4 Å². The molecule has 0 atom stereocenters. The molecular formula is C8H8ClFN2O2. The van der Waals surface area contributed by atoms with Gasteiger partial charge in [0, 0.05) is 13.1 Å². The highest BCUT2D eigenvalue weighted by Crippen LogP contribution is 2.34. The summed E-state index contributed by atoms with van der Waals surface area (Å²) in [6.07, 6.45) is 0. The minimum absolute atomic E-state index is 0.0973. The fourth-order valence-electron chi connectivity index (χ4n) is 1.12. The molecule has 4 nitrogen and oxygen atoms in total. The molecule has 0 amide bonds. The van der Waals surface area contributed by atoms with Crippen LogP contribution in [0.1, 0.15) is 5.56 Å². The molecule has 0 fully saturated rings. The Morgan fingerprint density at radius 3 is 2.64 bits per heavy atom. The fourth-order valence-corrected chi connectivity index (χ4v) is 1.27. The highest BCUT2D eigenvalue weighted by Gasteiger charge is 2.21. The number of rotatable bonds is 2. The molecule has 0 bridgehead atoms. The summed E-state index contributed by atoms with van der Waals surface area (Å²) in [6, 6.07) is 1.23. The standard InChI is InChI=1S/C8H8ClFN2O2/c1-4-3-5(12(13)14)8(11-2)7(10)6(4)9/h3,11H,1-2H3. The zero-order valence-corrected chi connectivity index (χ0v) is 8.35. The number of halogens is 2. The van der Waals surface area contributed by atoms with Crippen molar-refractivity contribution in [2.24, 2.45) is 0 Å². The van der Waals surface area contributed by atoms with Gasteiger partial charge in [0.05, 0.1) is 9.95 Å². The van der Waals surface area contributed by atoms with E-state index in [9.17, 15) is 14.5 Å². The smallest absolute Gasteiger partial charge is 0.295 e. The predicted octanol–water partition coefficient (Wildman–Crippen LogP) is 2.74. The Balaban J connectivity index is 3.51. The Labute approximate surface area is 84.8 Å². The Kier molecular flexibility index (Phi) is 2.90. The molecule has 0 saturated heterocycles. The van der Waals surface area contributed by atoms with Gasteiger partial charge in [0.15, 0.2) is 11.5 Å². The van der Waals surface area contributed by atoms with Gasteiger partial charge in [-0.25, -0.2) is 4.39 Å². The van der Waals surface area contributed by atoms with E-state index in [0.717, 1.165) is 0 Å². The summed E-state index contributed by atoms with van der Waals surface area (Å²) in [6.45, 7) is 1.51. The third kappa shape index (κ3) is 1.63. The van der Waals surface area contributed by atoms with Crippen LogP contribution in [0.4, 0.5) is 15.8 Å². The number of aryl methyl sites for hydroxylation is 1. The van der Waals surface area contributed by atoms with E-state index in [0.29, 0.717) is 5.56 Å². The molecule has 1 N–H and O–H groups in total. The maximum absolute atomic E-state index is 13.4. The van der Waals surface area contributed by atoms with Gasteiger partial charge in [-0.1, -0.05) is 11.6 Å².